The molecule has 0 amide bonds. The van der Waals surface area contributed by atoms with Gasteiger partial charge >= 0.3 is 0 Å². The summed E-state index contributed by atoms with van der Waals surface area (Å²) in [5.74, 6) is -0.380. The van der Waals surface area contributed by atoms with Crippen molar-refractivity contribution in [3.63, 3.8) is 0 Å². The van der Waals surface area contributed by atoms with E-state index in [0.717, 1.165) is 5.56 Å². The summed E-state index contributed by atoms with van der Waals surface area (Å²) in [6.07, 6.45) is 0. The zero-order valence-corrected chi connectivity index (χ0v) is 13.1. The zero-order valence-electron chi connectivity index (χ0n) is 12.3. The van der Waals surface area contributed by atoms with Crippen LogP contribution in [0.3, 0.4) is 0 Å². The first kappa shape index (κ1) is 15.7. The summed E-state index contributed by atoms with van der Waals surface area (Å²) < 4.78 is 40.5. The topological polar surface area (TPSA) is 46.2 Å². The van der Waals surface area contributed by atoms with Gasteiger partial charge in [0.1, 0.15) is 5.82 Å². The minimum absolute atomic E-state index is 0.0624. The molecular formula is C16H18FNO2S. The van der Waals surface area contributed by atoms with Gasteiger partial charge in [-0.25, -0.2) is 17.5 Å². The highest BCUT2D eigenvalue weighted by molar-refractivity contribution is 7.89. The molecule has 2 aromatic rings. The predicted octanol–water partition coefficient (Wildman–Crippen LogP) is 3.23. The van der Waals surface area contributed by atoms with E-state index in [1.165, 1.54) is 12.1 Å². The first-order chi connectivity index (χ1) is 9.79. The fraction of sp³-hybridized carbons (Fsp3) is 0.250. The van der Waals surface area contributed by atoms with Crippen LogP contribution in [0.25, 0.3) is 0 Å². The molecule has 0 bridgehead atoms. The summed E-state index contributed by atoms with van der Waals surface area (Å²) in [6.45, 7) is 5.54. The third kappa shape index (κ3) is 3.68. The summed E-state index contributed by atoms with van der Waals surface area (Å²) >= 11 is 0. The van der Waals surface area contributed by atoms with Crippen LogP contribution < -0.4 is 4.72 Å². The number of nitrogens with one attached hydrogen (secondary N) is 1. The van der Waals surface area contributed by atoms with Gasteiger partial charge in [0.25, 0.3) is 0 Å². The Labute approximate surface area is 124 Å². The standard InChI is InChI=1S/C16H18FNO2S/c1-11-7-12(2)16(13(3)8-11)21(19,20)18-10-14-5-4-6-15(17)9-14/h4-9,18H,10H2,1-3H3. The largest absolute Gasteiger partial charge is 0.241 e. The molecule has 0 aliphatic rings. The fourth-order valence-electron chi connectivity index (χ4n) is 2.49. The summed E-state index contributed by atoms with van der Waals surface area (Å²) in [7, 11) is -3.62. The van der Waals surface area contributed by atoms with Crippen molar-refractivity contribution >= 4 is 10.0 Å². The molecule has 0 spiro atoms. The Morgan fingerprint density at radius 1 is 1.05 bits per heavy atom. The maximum absolute atomic E-state index is 13.1. The molecule has 0 saturated heterocycles. The van der Waals surface area contributed by atoms with Gasteiger partial charge in [0.15, 0.2) is 0 Å². The molecule has 2 aromatic carbocycles. The van der Waals surface area contributed by atoms with E-state index in [1.54, 1.807) is 26.0 Å². The van der Waals surface area contributed by atoms with E-state index in [-0.39, 0.29) is 12.4 Å². The third-order valence-electron chi connectivity index (χ3n) is 3.23. The molecule has 2 rings (SSSR count). The molecule has 0 aliphatic carbocycles. The lowest BCUT2D eigenvalue weighted by Gasteiger charge is -2.13. The van der Waals surface area contributed by atoms with Gasteiger partial charge in [-0.2, -0.15) is 0 Å². The average molecular weight is 307 g/mol. The highest BCUT2D eigenvalue weighted by Crippen LogP contribution is 2.21. The Balaban J connectivity index is 2.27. The zero-order chi connectivity index (χ0) is 15.6. The van der Waals surface area contributed by atoms with E-state index in [1.807, 2.05) is 19.1 Å². The lowest BCUT2D eigenvalue weighted by Crippen LogP contribution is -2.25. The highest BCUT2D eigenvalue weighted by atomic mass is 32.2. The van der Waals surface area contributed by atoms with Crippen molar-refractivity contribution in [2.45, 2.75) is 32.2 Å². The van der Waals surface area contributed by atoms with Gasteiger partial charge in [-0.3, -0.25) is 0 Å². The lowest BCUT2D eigenvalue weighted by atomic mass is 10.1. The average Bonchev–Trinajstić information content (AvgIpc) is 2.35. The Morgan fingerprint density at radius 3 is 2.24 bits per heavy atom. The minimum Gasteiger partial charge on any atom is -0.207 e. The van der Waals surface area contributed by atoms with E-state index in [2.05, 4.69) is 4.72 Å². The van der Waals surface area contributed by atoms with Crippen LogP contribution in [-0.2, 0) is 16.6 Å². The number of hydrogen-bond donors (Lipinski definition) is 1. The van der Waals surface area contributed by atoms with E-state index in [4.69, 9.17) is 0 Å². The molecule has 0 heterocycles. The van der Waals surface area contributed by atoms with Gasteiger partial charge in [-0.05, 0) is 49.6 Å². The SMILES string of the molecule is Cc1cc(C)c(S(=O)(=O)NCc2cccc(F)c2)c(C)c1. The quantitative estimate of drug-likeness (QED) is 0.942. The van der Waals surface area contributed by atoms with Crippen LogP contribution in [0.1, 0.15) is 22.3 Å². The highest BCUT2D eigenvalue weighted by Gasteiger charge is 2.19. The van der Waals surface area contributed by atoms with Crippen molar-refractivity contribution in [3.05, 3.63) is 64.5 Å². The van der Waals surface area contributed by atoms with Gasteiger partial charge in [-0.15, -0.1) is 0 Å². The smallest absolute Gasteiger partial charge is 0.207 e. The Kier molecular flexibility index (Phi) is 4.44. The number of halogens is 1. The normalized spacial score (nSPS) is 11.6. The van der Waals surface area contributed by atoms with Crippen LogP contribution >= 0.6 is 0 Å². The van der Waals surface area contributed by atoms with Gasteiger partial charge in [-0.1, -0.05) is 29.8 Å². The molecule has 21 heavy (non-hydrogen) atoms. The summed E-state index contributed by atoms with van der Waals surface area (Å²) in [4.78, 5) is 0.296. The number of hydrogen-bond acceptors (Lipinski definition) is 2. The first-order valence-electron chi connectivity index (χ1n) is 6.61. The molecule has 5 heteroatoms. The van der Waals surface area contributed by atoms with Crippen LogP contribution in [-0.4, -0.2) is 8.42 Å². The van der Waals surface area contributed by atoms with Crippen LogP contribution in [0.4, 0.5) is 4.39 Å². The fourth-order valence-corrected chi connectivity index (χ4v) is 3.95. The summed E-state index contributed by atoms with van der Waals surface area (Å²) in [5, 5.41) is 0. The Morgan fingerprint density at radius 2 is 1.67 bits per heavy atom. The second-order valence-corrected chi connectivity index (χ2v) is 6.89. The van der Waals surface area contributed by atoms with Crippen LogP contribution in [0, 0.1) is 26.6 Å². The van der Waals surface area contributed by atoms with Crippen molar-refractivity contribution in [3.8, 4) is 0 Å². The Bertz CT molecular complexity index is 747. The minimum atomic E-state index is -3.62. The second kappa shape index (κ2) is 5.95. The number of aryl methyl sites for hydroxylation is 3. The van der Waals surface area contributed by atoms with Crippen molar-refractivity contribution < 1.29 is 12.8 Å². The molecule has 0 aliphatic heterocycles. The second-order valence-electron chi connectivity index (χ2n) is 5.18. The predicted molar refractivity (Wildman–Crippen MR) is 81.1 cm³/mol. The van der Waals surface area contributed by atoms with Crippen molar-refractivity contribution in [2.75, 3.05) is 0 Å². The van der Waals surface area contributed by atoms with Crippen molar-refractivity contribution in [1.29, 1.82) is 0 Å². The number of rotatable bonds is 4. The third-order valence-corrected chi connectivity index (χ3v) is 4.93. The first-order valence-corrected chi connectivity index (χ1v) is 8.10. The molecule has 3 nitrogen and oxygen atoms in total. The van der Waals surface area contributed by atoms with Crippen LogP contribution in [0.5, 0.6) is 0 Å². The van der Waals surface area contributed by atoms with Gasteiger partial charge < -0.3 is 0 Å². The van der Waals surface area contributed by atoms with E-state index < -0.39 is 10.0 Å². The van der Waals surface area contributed by atoms with Crippen molar-refractivity contribution in [2.24, 2.45) is 0 Å². The molecule has 112 valence electrons. The van der Waals surface area contributed by atoms with E-state index >= 15 is 0 Å². The maximum Gasteiger partial charge on any atom is 0.241 e. The number of sulfonamides is 1. The molecule has 1 N–H and O–H groups in total. The van der Waals surface area contributed by atoms with E-state index in [0.29, 0.717) is 21.6 Å². The van der Waals surface area contributed by atoms with Crippen LogP contribution in [0.2, 0.25) is 0 Å². The molecule has 0 atom stereocenters. The monoisotopic (exact) mass is 307 g/mol. The molecule has 0 fully saturated rings. The summed E-state index contributed by atoms with van der Waals surface area (Å²) in [6, 6.07) is 9.55. The van der Waals surface area contributed by atoms with Crippen molar-refractivity contribution in [1.82, 2.24) is 4.72 Å². The molecular weight excluding hydrogens is 289 g/mol. The van der Waals surface area contributed by atoms with E-state index in [9.17, 15) is 12.8 Å². The maximum atomic E-state index is 13.1. The summed E-state index contributed by atoms with van der Waals surface area (Å²) in [5.41, 5.74) is 3.02. The van der Waals surface area contributed by atoms with Gasteiger partial charge in [0, 0.05) is 6.54 Å². The van der Waals surface area contributed by atoms with Gasteiger partial charge in [0.05, 0.1) is 4.90 Å². The number of benzene rings is 2. The molecule has 0 saturated carbocycles. The van der Waals surface area contributed by atoms with Gasteiger partial charge in [0.2, 0.25) is 10.0 Å². The Hall–Kier alpha value is -1.72. The van der Waals surface area contributed by atoms with Crippen LogP contribution in [0.15, 0.2) is 41.3 Å². The molecule has 0 radical (unpaired) electrons. The molecule has 0 unspecified atom stereocenters. The molecule has 0 aromatic heterocycles. The lowest BCUT2D eigenvalue weighted by molar-refractivity contribution is 0.579.